The molecule has 2 saturated heterocycles. The van der Waals surface area contributed by atoms with E-state index >= 15 is 0 Å². The molecular weight excluding hydrogens is 514 g/mol. The molecule has 1 aromatic rings. The van der Waals surface area contributed by atoms with Gasteiger partial charge in [-0.3, -0.25) is 14.4 Å². The predicted molar refractivity (Wildman–Crippen MR) is 149 cm³/mol. The quantitative estimate of drug-likeness (QED) is 0.424. The Balaban J connectivity index is 1.36. The van der Waals surface area contributed by atoms with Gasteiger partial charge in [-0.05, 0) is 64.4 Å². The number of hydrogen-bond acceptors (Lipinski definition) is 6. The summed E-state index contributed by atoms with van der Waals surface area (Å²) in [6.45, 7) is 8.10. The number of carbonyl (C=O) groups is 4. The molecule has 0 aliphatic carbocycles. The summed E-state index contributed by atoms with van der Waals surface area (Å²) in [6, 6.07) is 9.50. The first kappa shape index (κ1) is 31.4. The van der Waals surface area contributed by atoms with E-state index in [1.807, 2.05) is 51.1 Å². The highest BCUT2D eigenvalue weighted by Gasteiger charge is 2.31. The number of carboxylic acids is 1. The molecular formula is C30H45N3O7. The zero-order valence-electron chi connectivity index (χ0n) is 24.1. The monoisotopic (exact) mass is 559 g/mol. The summed E-state index contributed by atoms with van der Waals surface area (Å²) in [5.41, 5.74) is 0.437. The highest BCUT2D eigenvalue weighted by Crippen LogP contribution is 2.25. The van der Waals surface area contributed by atoms with Crippen LogP contribution in [0.4, 0.5) is 4.79 Å². The second-order valence-electron chi connectivity index (χ2n) is 11.9. The van der Waals surface area contributed by atoms with Crippen LogP contribution in [0.3, 0.4) is 0 Å². The zero-order chi connectivity index (χ0) is 29.1. The average Bonchev–Trinajstić information content (AvgIpc) is 2.93. The molecule has 1 unspecified atom stereocenters. The van der Waals surface area contributed by atoms with Crippen LogP contribution in [0, 0.1) is 17.8 Å². The van der Waals surface area contributed by atoms with Crippen LogP contribution in [0.1, 0.15) is 64.9 Å². The van der Waals surface area contributed by atoms with E-state index < -0.39 is 17.5 Å². The van der Waals surface area contributed by atoms with Crippen LogP contribution in [0.25, 0.3) is 0 Å². The van der Waals surface area contributed by atoms with Gasteiger partial charge in [0.25, 0.3) is 0 Å². The van der Waals surface area contributed by atoms with Crippen LogP contribution < -0.4 is 5.32 Å². The van der Waals surface area contributed by atoms with E-state index in [2.05, 4.69) is 5.32 Å². The van der Waals surface area contributed by atoms with Crippen molar-refractivity contribution in [1.29, 1.82) is 0 Å². The molecule has 10 nitrogen and oxygen atoms in total. The van der Waals surface area contributed by atoms with E-state index in [1.165, 1.54) is 0 Å². The second kappa shape index (κ2) is 15.0. The maximum Gasteiger partial charge on any atom is 0.410 e. The number of carbonyl (C=O) groups excluding carboxylic acids is 3. The number of nitrogens with one attached hydrogen (secondary N) is 1. The fourth-order valence-corrected chi connectivity index (χ4v) is 5.11. The van der Waals surface area contributed by atoms with E-state index in [0.29, 0.717) is 51.5 Å². The Bertz CT molecular complexity index is 987. The molecule has 2 atom stereocenters. The van der Waals surface area contributed by atoms with Crippen LogP contribution >= 0.6 is 0 Å². The Morgan fingerprint density at radius 2 is 1.73 bits per heavy atom. The van der Waals surface area contributed by atoms with Crippen LogP contribution in [-0.4, -0.2) is 83.7 Å². The zero-order valence-corrected chi connectivity index (χ0v) is 24.1. The summed E-state index contributed by atoms with van der Waals surface area (Å²) >= 11 is 0. The molecule has 2 heterocycles. The van der Waals surface area contributed by atoms with Gasteiger partial charge < -0.3 is 29.7 Å². The molecule has 1 aromatic carbocycles. The Hall–Kier alpha value is -3.14. The molecule has 2 fully saturated rings. The van der Waals surface area contributed by atoms with Crippen LogP contribution in [0.5, 0.6) is 0 Å². The molecule has 3 rings (SSSR count). The van der Waals surface area contributed by atoms with Crippen LogP contribution in [0.15, 0.2) is 30.3 Å². The molecule has 222 valence electrons. The minimum Gasteiger partial charge on any atom is -0.481 e. The number of piperidine rings is 2. The number of ether oxygens (including phenoxy) is 2. The normalized spacial score (nSPS) is 19.1. The number of amides is 3. The van der Waals surface area contributed by atoms with Crippen molar-refractivity contribution in [2.24, 2.45) is 17.8 Å². The molecule has 0 saturated carbocycles. The summed E-state index contributed by atoms with van der Waals surface area (Å²) in [6.07, 6.45) is 3.99. The smallest absolute Gasteiger partial charge is 0.410 e. The fraction of sp³-hybridized carbons (Fsp3) is 0.667. The SMILES string of the molecule is CC(C)(C)OC(=O)N1CCC(CCC(=O)N2CCC[C@@H](C(=O)NCC(COCc3ccccc3)C(=O)O)C2)CC1. The molecule has 0 spiro atoms. The average molecular weight is 560 g/mol. The van der Waals surface area contributed by atoms with Crippen molar-refractivity contribution >= 4 is 23.9 Å². The van der Waals surface area contributed by atoms with Gasteiger partial charge in [-0.15, -0.1) is 0 Å². The lowest BCUT2D eigenvalue weighted by Gasteiger charge is -2.34. The van der Waals surface area contributed by atoms with Gasteiger partial charge in [-0.25, -0.2) is 4.79 Å². The van der Waals surface area contributed by atoms with E-state index in [1.54, 1.807) is 9.80 Å². The summed E-state index contributed by atoms with van der Waals surface area (Å²) in [7, 11) is 0. The van der Waals surface area contributed by atoms with E-state index in [9.17, 15) is 24.3 Å². The van der Waals surface area contributed by atoms with Gasteiger partial charge in [0.1, 0.15) is 5.60 Å². The first-order valence-electron chi connectivity index (χ1n) is 14.4. The molecule has 10 heteroatoms. The Morgan fingerprint density at radius 3 is 2.38 bits per heavy atom. The Kier molecular flexibility index (Phi) is 11.8. The van der Waals surface area contributed by atoms with Crippen molar-refractivity contribution in [3.8, 4) is 0 Å². The molecule has 0 aromatic heterocycles. The molecule has 2 aliphatic heterocycles. The number of likely N-dealkylation sites (tertiary alicyclic amines) is 2. The molecule has 3 amide bonds. The number of aliphatic carboxylic acids is 1. The minimum absolute atomic E-state index is 0.00349. The third kappa shape index (κ3) is 10.4. The molecule has 0 bridgehead atoms. The first-order chi connectivity index (χ1) is 19.0. The summed E-state index contributed by atoms with van der Waals surface area (Å²) < 4.78 is 11.0. The number of benzene rings is 1. The van der Waals surface area contributed by atoms with Gasteiger partial charge in [-0.2, -0.15) is 0 Å². The maximum atomic E-state index is 12.9. The van der Waals surface area contributed by atoms with Gasteiger partial charge in [0.2, 0.25) is 11.8 Å². The topological polar surface area (TPSA) is 125 Å². The number of carboxylic acid groups (broad SMARTS) is 1. The maximum absolute atomic E-state index is 12.9. The highest BCUT2D eigenvalue weighted by atomic mass is 16.6. The predicted octanol–water partition coefficient (Wildman–Crippen LogP) is 3.69. The second-order valence-corrected chi connectivity index (χ2v) is 11.9. The number of hydrogen-bond donors (Lipinski definition) is 2. The fourth-order valence-electron chi connectivity index (χ4n) is 5.11. The standard InChI is InChI=1S/C30H45N3O7/c1-30(2,3)40-29(38)32-16-13-22(14-17-32)11-12-26(34)33-15-7-10-24(19-33)27(35)31-18-25(28(36)37)21-39-20-23-8-5-4-6-9-23/h4-6,8-9,22,24-25H,7,10-21H2,1-3H3,(H,31,35)(H,36,37)/t24-,25?/m1/s1. The minimum atomic E-state index is -1.02. The van der Waals surface area contributed by atoms with Crippen molar-refractivity contribution in [3.05, 3.63) is 35.9 Å². The third-order valence-electron chi connectivity index (χ3n) is 7.48. The lowest BCUT2D eigenvalue weighted by Crippen LogP contribution is -2.47. The van der Waals surface area contributed by atoms with Crippen LogP contribution in [0.2, 0.25) is 0 Å². The van der Waals surface area contributed by atoms with Crippen molar-refractivity contribution in [2.75, 3.05) is 39.3 Å². The van der Waals surface area contributed by atoms with E-state index in [4.69, 9.17) is 9.47 Å². The van der Waals surface area contributed by atoms with Gasteiger partial charge in [0, 0.05) is 39.1 Å². The van der Waals surface area contributed by atoms with E-state index in [0.717, 1.165) is 31.2 Å². The van der Waals surface area contributed by atoms with E-state index in [-0.39, 0.29) is 37.0 Å². The summed E-state index contributed by atoms with van der Waals surface area (Å²) in [5.74, 6) is -2.02. The molecule has 2 aliphatic rings. The molecule has 0 radical (unpaired) electrons. The largest absolute Gasteiger partial charge is 0.481 e. The van der Waals surface area contributed by atoms with Crippen molar-refractivity contribution < 1.29 is 33.8 Å². The highest BCUT2D eigenvalue weighted by molar-refractivity contribution is 5.82. The summed E-state index contributed by atoms with van der Waals surface area (Å²) in [5, 5.41) is 12.3. The van der Waals surface area contributed by atoms with Gasteiger partial charge in [-0.1, -0.05) is 30.3 Å². The summed E-state index contributed by atoms with van der Waals surface area (Å²) in [4.78, 5) is 53.2. The third-order valence-corrected chi connectivity index (χ3v) is 7.48. The van der Waals surface area contributed by atoms with Gasteiger partial charge in [0.05, 0.1) is 25.0 Å². The number of nitrogens with zero attached hydrogens (tertiary/aromatic N) is 2. The lowest BCUT2D eigenvalue weighted by molar-refractivity contribution is -0.144. The van der Waals surface area contributed by atoms with Crippen molar-refractivity contribution in [3.63, 3.8) is 0 Å². The van der Waals surface area contributed by atoms with Crippen molar-refractivity contribution in [1.82, 2.24) is 15.1 Å². The van der Waals surface area contributed by atoms with Gasteiger partial charge in [0.15, 0.2) is 0 Å². The number of rotatable bonds is 11. The van der Waals surface area contributed by atoms with Gasteiger partial charge >= 0.3 is 12.1 Å². The Morgan fingerprint density at radius 1 is 1.02 bits per heavy atom. The van der Waals surface area contributed by atoms with Crippen molar-refractivity contribution in [2.45, 2.75) is 71.5 Å². The molecule has 2 N–H and O–H groups in total. The van der Waals surface area contributed by atoms with Crippen LogP contribution in [-0.2, 0) is 30.5 Å². The lowest BCUT2D eigenvalue weighted by atomic mass is 9.91. The Labute approximate surface area is 237 Å². The first-order valence-corrected chi connectivity index (χ1v) is 14.4. The molecule has 40 heavy (non-hydrogen) atoms.